The second kappa shape index (κ2) is 9.77. The van der Waals surface area contributed by atoms with Crippen molar-refractivity contribution in [3.8, 4) is 0 Å². The summed E-state index contributed by atoms with van der Waals surface area (Å²) in [6.45, 7) is 9.88. The van der Waals surface area contributed by atoms with Gasteiger partial charge in [-0.3, -0.25) is 4.79 Å². The largest absolute Gasteiger partial charge is 0.481 e. The molecule has 0 spiro atoms. The van der Waals surface area contributed by atoms with Crippen LogP contribution in [0.1, 0.15) is 46.1 Å². The Morgan fingerprint density at radius 1 is 0.970 bits per heavy atom. The molecule has 0 bridgehead atoms. The summed E-state index contributed by atoms with van der Waals surface area (Å²) < 4.78 is 27.2. The van der Waals surface area contributed by atoms with Gasteiger partial charge in [-0.05, 0) is 54.5 Å². The van der Waals surface area contributed by atoms with Crippen LogP contribution in [0.4, 0.5) is 30.6 Å². The zero-order chi connectivity index (χ0) is 24.3. The Morgan fingerprint density at radius 3 is 2.09 bits per heavy atom. The molecule has 8 heteroatoms. The number of carbonyl (C=O) groups is 2. The highest BCUT2D eigenvalue weighted by molar-refractivity contribution is 6.02. The molecule has 3 N–H and O–H groups in total. The van der Waals surface area contributed by atoms with E-state index in [-0.39, 0.29) is 5.69 Å². The third kappa shape index (κ3) is 5.80. The van der Waals surface area contributed by atoms with Gasteiger partial charge in [-0.2, -0.15) is 0 Å². The number of rotatable bonds is 9. The molecule has 0 saturated heterocycles. The maximum atomic E-state index is 14.0. The summed E-state index contributed by atoms with van der Waals surface area (Å²) >= 11 is 0. The Labute approximate surface area is 193 Å². The maximum Gasteiger partial charge on any atom is 0.323 e. The summed E-state index contributed by atoms with van der Waals surface area (Å²) in [5.41, 5.74) is 0.738. The molecule has 2 aromatic rings. The summed E-state index contributed by atoms with van der Waals surface area (Å²) in [6.07, 6.45) is 1.08. The first-order chi connectivity index (χ1) is 15.5. The monoisotopic (exact) mass is 459 g/mol. The number of amides is 2. The number of benzene rings is 2. The van der Waals surface area contributed by atoms with Crippen LogP contribution in [0.15, 0.2) is 36.4 Å². The molecule has 1 aliphatic carbocycles. The predicted molar refractivity (Wildman–Crippen MR) is 126 cm³/mol. The molecule has 0 heterocycles. The van der Waals surface area contributed by atoms with E-state index in [0.717, 1.165) is 30.9 Å². The Morgan fingerprint density at radius 2 is 1.58 bits per heavy atom. The minimum atomic E-state index is -0.935. The van der Waals surface area contributed by atoms with Crippen molar-refractivity contribution in [1.82, 2.24) is 0 Å². The molecule has 1 saturated carbocycles. The number of halogens is 2. The second-order valence-corrected chi connectivity index (χ2v) is 9.52. The highest BCUT2D eigenvalue weighted by Gasteiger charge is 2.52. The van der Waals surface area contributed by atoms with Gasteiger partial charge in [-0.25, -0.2) is 13.6 Å². The molecule has 2 amide bonds. The van der Waals surface area contributed by atoms with Gasteiger partial charge in [0.1, 0.15) is 11.6 Å². The van der Waals surface area contributed by atoms with E-state index >= 15 is 0 Å². The SMILES string of the molecule is CC(C)CN(CC(C)C)c1ccc(C2(C(=O)O)CC2)cc1NC(=O)Nc1ccc(F)cc1F. The fourth-order valence-electron chi connectivity index (χ4n) is 3.98. The number of urea groups is 1. The lowest BCUT2D eigenvalue weighted by atomic mass is 9.94. The number of carboxylic acids is 1. The molecule has 6 nitrogen and oxygen atoms in total. The summed E-state index contributed by atoms with van der Waals surface area (Å²) in [4.78, 5) is 26.7. The van der Waals surface area contributed by atoms with Crippen LogP contribution in [0.3, 0.4) is 0 Å². The Balaban J connectivity index is 1.96. The molecule has 1 aliphatic rings. The van der Waals surface area contributed by atoms with E-state index in [1.165, 1.54) is 0 Å². The fraction of sp³-hybridized carbons (Fsp3) is 0.440. The molecule has 0 radical (unpaired) electrons. The average molecular weight is 460 g/mol. The van der Waals surface area contributed by atoms with Crippen LogP contribution in [0.2, 0.25) is 0 Å². The first kappa shape index (κ1) is 24.5. The van der Waals surface area contributed by atoms with Crippen LogP contribution in [0, 0.1) is 23.5 Å². The predicted octanol–water partition coefficient (Wildman–Crippen LogP) is 5.84. The lowest BCUT2D eigenvalue weighted by Gasteiger charge is -2.31. The van der Waals surface area contributed by atoms with Crippen LogP contribution in [0.25, 0.3) is 0 Å². The number of nitrogens with one attached hydrogen (secondary N) is 2. The summed E-state index contributed by atoms with van der Waals surface area (Å²) in [5.74, 6) is -1.81. The first-order valence-electron chi connectivity index (χ1n) is 11.2. The molecule has 1 fully saturated rings. The third-order valence-corrected chi connectivity index (χ3v) is 5.65. The average Bonchev–Trinajstić information content (AvgIpc) is 3.51. The van der Waals surface area contributed by atoms with Crippen molar-refractivity contribution in [2.75, 3.05) is 28.6 Å². The molecule has 0 aromatic heterocycles. The van der Waals surface area contributed by atoms with E-state index in [2.05, 4.69) is 43.2 Å². The number of hydrogen-bond donors (Lipinski definition) is 3. The van der Waals surface area contributed by atoms with Gasteiger partial charge in [0.15, 0.2) is 0 Å². The Hall–Kier alpha value is -3.16. The van der Waals surface area contributed by atoms with Crippen LogP contribution < -0.4 is 15.5 Å². The molecule has 3 rings (SSSR count). The zero-order valence-corrected chi connectivity index (χ0v) is 19.4. The van der Waals surface area contributed by atoms with E-state index in [1.54, 1.807) is 6.07 Å². The van der Waals surface area contributed by atoms with Gasteiger partial charge in [0.05, 0.1) is 22.5 Å². The van der Waals surface area contributed by atoms with Crippen LogP contribution >= 0.6 is 0 Å². The fourth-order valence-corrected chi connectivity index (χ4v) is 3.98. The number of nitrogens with zero attached hydrogens (tertiary/aromatic N) is 1. The van der Waals surface area contributed by atoms with E-state index < -0.39 is 29.0 Å². The number of carboxylic acid groups (broad SMARTS) is 1. The van der Waals surface area contributed by atoms with Gasteiger partial charge in [0.25, 0.3) is 0 Å². The van der Waals surface area contributed by atoms with Crippen molar-refractivity contribution in [3.63, 3.8) is 0 Å². The Kier molecular flexibility index (Phi) is 7.25. The van der Waals surface area contributed by atoms with Crippen molar-refractivity contribution in [2.24, 2.45) is 11.8 Å². The van der Waals surface area contributed by atoms with Gasteiger partial charge in [-0.1, -0.05) is 33.8 Å². The van der Waals surface area contributed by atoms with Crippen molar-refractivity contribution in [3.05, 3.63) is 53.6 Å². The van der Waals surface area contributed by atoms with E-state index in [1.807, 2.05) is 12.1 Å². The standard InChI is InChI=1S/C25H31F2N3O3/c1-15(2)13-30(14-16(3)4)22-8-5-17(25(9-10-25)23(31)32)11-21(22)29-24(33)28-20-7-6-18(26)12-19(20)27/h5-8,11-12,15-16H,9-10,13-14H2,1-4H3,(H,31,32)(H2,28,29,33). The normalized spacial score (nSPS) is 14.3. The molecule has 178 valence electrons. The van der Waals surface area contributed by atoms with E-state index in [4.69, 9.17) is 0 Å². The third-order valence-electron chi connectivity index (χ3n) is 5.65. The van der Waals surface area contributed by atoms with Gasteiger partial charge < -0.3 is 20.6 Å². The van der Waals surface area contributed by atoms with Crippen molar-refractivity contribution in [1.29, 1.82) is 0 Å². The molecular weight excluding hydrogens is 428 g/mol. The summed E-state index contributed by atoms with van der Waals surface area (Å²) in [5, 5.41) is 14.9. The van der Waals surface area contributed by atoms with Crippen molar-refractivity contribution in [2.45, 2.75) is 46.0 Å². The molecular formula is C25H31F2N3O3. The van der Waals surface area contributed by atoms with Gasteiger partial charge in [0, 0.05) is 19.2 Å². The van der Waals surface area contributed by atoms with Crippen molar-refractivity contribution >= 4 is 29.1 Å². The van der Waals surface area contributed by atoms with Crippen molar-refractivity contribution < 1.29 is 23.5 Å². The summed E-state index contributed by atoms with van der Waals surface area (Å²) in [7, 11) is 0. The Bertz CT molecular complexity index is 1030. The van der Waals surface area contributed by atoms with Gasteiger partial charge >= 0.3 is 12.0 Å². The van der Waals surface area contributed by atoms with E-state index in [9.17, 15) is 23.5 Å². The highest BCUT2D eigenvalue weighted by Crippen LogP contribution is 2.49. The van der Waals surface area contributed by atoms with Crippen LogP contribution in [-0.2, 0) is 10.2 Å². The topological polar surface area (TPSA) is 81.7 Å². The molecule has 2 aromatic carbocycles. The first-order valence-corrected chi connectivity index (χ1v) is 11.2. The van der Waals surface area contributed by atoms with Crippen LogP contribution in [0.5, 0.6) is 0 Å². The lowest BCUT2D eigenvalue weighted by Crippen LogP contribution is -2.33. The maximum absolute atomic E-state index is 14.0. The number of carbonyl (C=O) groups excluding carboxylic acids is 1. The minimum absolute atomic E-state index is 0.156. The molecule has 0 unspecified atom stereocenters. The molecule has 0 aliphatic heterocycles. The lowest BCUT2D eigenvalue weighted by molar-refractivity contribution is -0.140. The minimum Gasteiger partial charge on any atom is -0.481 e. The molecule has 0 atom stereocenters. The quantitative estimate of drug-likeness (QED) is 0.440. The van der Waals surface area contributed by atoms with E-state index in [0.29, 0.717) is 42.0 Å². The van der Waals surface area contributed by atoms with Gasteiger partial charge in [0.2, 0.25) is 0 Å². The zero-order valence-electron chi connectivity index (χ0n) is 19.4. The number of hydrogen-bond acceptors (Lipinski definition) is 3. The second-order valence-electron chi connectivity index (χ2n) is 9.52. The summed E-state index contributed by atoms with van der Waals surface area (Å²) in [6, 6.07) is 7.55. The molecule has 33 heavy (non-hydrogen) atoms. The smallest absolute Gasteiger partial charge is 0.323 e. The highest BCUT2D eigenvalue weighted by atomic mass is 19.1. The van der Waals surface area contributed by atoms with Crippen LogP contribution in [-0.4, -0.2) is 30.2 Å². The van der Waals surface area contributed by atoms with Gasteiger partial charge in [-0.15, -0.1) is 0 Å². The number of aliphatic carboxylic acids is 1. The number of anilines is 3.